The minimum atomic E-state index is -0.730. The zero-order chi connectivity index (χ0) is 8.85. The number of hydrogen-bond acceptors (Lipinski definition) is 2. The Morgan fingerprint density at radius 3 is 2.64 bits per heavy atom. The standard InChI is InChI=1S/C8H14O2S/c1-4-6(3)11-7(5-2)8(9)10/h4,6-7H,1,5H2,2-3H3,(H,9,10). The average Bonchev–Trinajstić information content (AvgIpc) is 1.99. The van der Waals surface area contributed by atoms with Gasteiger partial charge in [-0.15, -0.1) is 18.3 Å². The fourth-order valence-electron chi connectivity index (χ4n) is 0.644. The van der Waals surface area contributed by atoms with Crippen molar-refractivity contribution in [2.45, 2.75) is 30.8 Å². The van der Waals surface area contributed by atoms with Crippen LogP contribution in [0.3, 0.4) is 0 Å². The molecule has 11 heavy (non-hydrogen) atoms. The van der Waals surface area contributed by atoms with Crippen LogP contribution in [0.2, 0.25) is 0 Å². The maximum absolute atomic E-state index is 10.5. The van der Waals surface area contributed by atoms with E-state index in [0.29, 0.717) is 6.42 Å². The topological polar surface area (TPSA) is 37.3 Å². The number of thioether (sulfide) groups is 1. The lowest BCUT2D eigenvalue weighted by Crippen LogP contribution is -2.17. The summed E-state index contributed by atoms with van der Waals surface area (Å²) in [5, 5.41) is 8.59. The van der Waals surface area contributed by atoms with Crippen molar-refractivity contribution in [1.82, 2.24) is 0 Å². The highest BCUT2D eigenvalue weighted by Crippen LogP contribution is 2.20. The number of carboxylic acid groups (broad SMARTS) is 1. The molecule has 1 N–H and O–H groups in total. The van der Waals surface area contributed by atoms with Crippen LogP contribution in [0.4, 0.5) is 0 Å². The van der Waals surface area contributed by atoms with E-state index in [0.717, 1.165) is 0 Å². The predicted molar refractivity (Wildman–Crippen MR) is 49.0 cm³/mol. The fourth-order valence-corrected chi connectivity index (χ4v) is 1.58. The van der Waals surface area contributed by atoms with Crippen molar-refractivity contribution in [3.63, 3.8) is 0 Å². The molecule has 64 valence electrons. The van der Waals surface area contributed by atoms with Crippen LogP contribution in [0.5, 0.6) is 0 Å². The first-order valence-corrected chi connectivity index (χ1v) is 4.56. The lowest BCUT2D eigenvalue weighted by Gasteiger charge is -2.11. The quantitative estimate of drug-likeness (QED) is 0.649. The summed E-state index contributed by atoms with van der Waals surface area (Å²) in [5.41, 5.74) is 0. The molecule has 0 radical (unpaired) electrons. The van der Waals surface area contributed by atoms with Gasteiger partial charge in [0.1, 0.15) is 5.25 Å². The van der Waals surface area contributed by atoms with E-state index in [1.807, 2.05) is 13.8 Å². The van der Waals surface area contributed by atoms with Crippen molar-refractivity contribution in [3.8, 4) is 0 Å². The Balaban J connectivity index is 3.87. The smallest absolute Gasteiger partial charge is 0.316 e. The van der Waals surface area contributed by atoms with Gasteiger partial charge in [-0.25, -0.2) is 0 Å². The molecule has 0 bridgehead atoms. The lowest BCUT2D eigenvalue weighted by molar-refractivity contribution is -0.136. The van der Waals surface area contributed by atoms with Gasteiger partial charge in [-0.2, -0.15) is 0 Å². The first-order valence-electron chi connectivity index (χ1n) is 3.62. The average molecular weight is 174 g/mol. The van der Waals surface area contributed by atoms with Crippen molar-refractivity contribution in [3.05, 3.63) is 12.7 Å². The molecule has 0 amide bonds. The van der Waals surface area contributed by atoms with Gasteiger partial charge in [-0.3, -0.25) is 4.79 Å². The Hall–Kier alpha value is -0.440. The minimum absolute atomic E-state index is 0.219. The van der Waals surface area contributed by atoms with E-state index in [2.05, 4.69) is 6.58 Å². The van der Waals surface area contributed by atoms with Crippen LogP contribution in [-0.2, 0) is 4.79 Å². The van der Waals surface area contributed by atoms with Crippen LogP contribution in [0, 0.1) is 0 Å². The second-order valence-corrected chi connectivity index (χ2v) is 3.90. The van der Waals surface area contributed by atoms with Gasteiger partial charge in [-0.05, 0) is 13.3 Å². The van der Waals surface area contributed by atoms with E-state index < -0.39 is 5.97 Å². The molecule has 0 rings (SSSR count). The van der Waals surface area contributed by atoms with Crippen molar-refractivity contribution >= 4 is 17.7 Å². The highest BCUT2D eigenvalue weighted by molar-refractivity contribution is 8.01. The van der Waals surface area contributed by atoms with Gasteiger partial charge in [-0.1, -0.05) is 13.0 Å². The van der Waals surface area contributed by atoms with Gasteiger partial charge in [0.15, 0.2) is 0 Å². The molecular formula is C8H14O2S. The summed E-state index contributed by atoms with van der Waals surface area (Å²) in [7, 11) is 0. The van der Waals surface area contributed by atoms with Crippen LogP contribution in [-0.4, -0.2) is 21.6 Å². The first-order chi connectivity index (χ1) is 5.11. The third-order valence-electron chi connectivity index (χ3n) is 1.36. The summed E-state index contributed by atoms with van der Waals surface area (Å²) < 4.78 is 0. The van der Waals surface area contributed by atoms with E-state index in [9.17, 15) is 4.79 Å². The number of carbonyl (C=O) groups is 1. The summed E-state index contributed by atoms with van der Waals surface area (Å²) in [5.74, 6) is -0.730. The molecule has 0 saturated heterocycles. The maximum atomic E-state index is 10.5. The second kappa shape index (κ2) is 5.24. The molecule has 0 aliphatic heterocycles. The minimum Gasteiger partial charge on any atom is -0.480 e. The Kier molecular flexibility index (Phi) is 5.03. The Morgan fingerprint density at radius 2 is 2.36 bits per heavy atom. The van der Waals surface area contributed by atoms with Gasteiger partial charge in [0.2, 0.25) is 0 Å². The molecule has 2 atom stereocenters. The van der Waals surface area contributed by atoms with Crippen LogP contribution < -0.4 is 0 Å². The van der Waals surface area contributed by atoms with Crippen LogP contribution >= 0.6 is 11.8 Å². The molecule has 2 unspecified atom stereocenters. The van der Waals surface area contributed by atoms with Crippen molar-refractivity contribution in [2.24, 2.45) is 0 Å². The van der Waals surface area contributed by atoms with E-state index in [1.54, 1.807) is 6.08 Å². The summed E-state index contributed by atoms with van der Waals surface area (Å²) in [4.78, 5) is 10.5. The summed E-state index contributed by atoms with van der Waals surface area (Å²) in [6, 6.07) is 0. The maximum Gasteiger partial charge on any atom is 0.316 e. The van der Waals surface area contributed by atoms with Gasteiger partial charge in [0.05, 0.1) is 0 Å². The lowest BCUT2D eigenvalue weighted by atomic mass is 10.3. The number of rotatable bonds is 5. The van der Waals surface area contributed by atoms with Crippen molar-refractivity contribution in [1.29, 1.82) is 0 Å². The highest BCUT2D eigenvalue weighted by atomic mass is 32.2. The summed E-state index contributed by atoms with van der Waals surface area (Å²) in [6.07, 6.45) is 2.43. The molecular weight excluding hydrogens is 160 g/mol. The second-order valence-electron chi connectivity index (χ2n) is 2.31. The van der Waals surface area contributed by atoms with E-state index in [1.165, 1.54) is 11.8 Å². The van der Waals surface area contributed by atoms with Crippen LogP contribution in [0.25, 0.3) is 0 Å². The molecule has 0 aromatic carbocycles. The molecule has 0 aliphatic rings. The zero-order valence-electron chi connectivity index (χ0n) is 6.91. The van der Waals surface area contributed by atoms with E-state index in [-0.39, 0.29) is 10.5 Å². The Labute approximate surface area is 71.7 Å². The molecule has 0 fully saturated rings. The van der Waals surface area contributed by atoms with E-state index >= 15 is 0 Å². The highest BCUT2D eigenvalue weighted by Gasteiger charge is 2.16. The summed E-state index contributed by atoms with van der Waals surface area (Å²) >= 11 is 1.44. The van der Waals surface area contributed by atoms with Gasteiger partial charge in [0, 0.05) is 5.25 Å². The third kappa shape index (κ3) is 4.09. The molecule has 0 aliphatic carbocycles. The Morgan fingerprint density at radius 1 is 1.82 bits per heavy atom. The first kappa shape index (κ1) is 10.6. The zero-order valence-corrected chi connectivity index (χ0v) is 7.73. The van der Waals surface area contributed by atoms with Crippen molar-refractivity contribution < 1.29 is 9.90 Å². The number of aliphatic carboxylic acids is 1. The molecule has 2 nitrogen and oxygen atoms in total. The summed E-state index contributed by atoms with van der Waals surface area (Å²) in [6.45, 7) is 7.42. The monoisotopic (exact) mass is 174 g/mol. The molecule has 0 aromatic rings. The van der Waals surface area contributed by atoms with Gasteiger partial charge < -0.3 is 5.11 Å². The van der Waals surface area contributed by atoms with Gasteiger partial charge >= 0.3 is 5.97 Å². The molecule has 0 heterocycles. The van der Waals surface area contributed by atoms with Gasteiger partial charge in [0.25, 0.3) is 0 Å². The fraction of sp³-hybridized carbons (Fsp3) is 0.625. The Bertz CT molecular complexity index is 145. The number of hydrogen-bond donors (Lipinski definition) is 1. The molecule has 3 heteroatoms. The van der Waals surface area contributed by atoms with Crippen molar-refractivity contribution in [2.75, 3.05) is 0 Å². The molecule has 0 spiro atoms. The number of carboxylic acids is 1. The SMILES string of the molecule is C=CC(C)SC(CC)C(=O)O. The predicted octanol–water partition coefficient (Wildman–Crippen LogP) is 2.16. The third-order valence-corrected chi connectivity index (χ3v) is 2.84. The normalized spacial score (nSPS) is 15.5. The van der Waals surface area contributed by atoms with Crippen LogP contribution in [0.15, 0.2) is 12.7 Å². The van der Waals surface area contributed by atoms with Crippen LogP contribution in [0.1, 0.15) is 20.3 Å². The largest absolute Gasteiger partial charge is 0.480 e. The van der Waals surface area contributed by atoms with E-state index in [4.69, 9.17) is 5.11 Å². The molecule has 0 saturated carbocycles. The molecule has 0 aromatic heterocycles.